The van der Waals surface area contributed by atoms with Crippen molar-refractivity contribution in [1.29, 1.82) is 0 Å². The van der Waals surface area contributed by atoms with E-state index < -0.39 is 6.09 Å². The minimum atomic E-state index is -1.06. The monoisotopic (exact) mass is 459 g/mol. The molecule has 3 unspecified atom stereocenters. The zero-order valence-electron chi connectivity index (χ0n) is 20.2. The van der Waals surface area contributed by atoms with Crippen molar-refractivity contribution in [3.05, 3.63) is 29.8 Å². The number of phenolic OH excluding ortho intramolecular Hbond substituents is 1. The third kappa shape index (κ3) is 6.85. The lowest BCUT2D eigenvalue weighted by Crippen LogP contribution is -2.48. The number of phenols is 1. The molecule has 1 aliphatic carbocycles. The van der Waals surface area contributed by atoms with Gasteiger partial charge in [-0.2, -0.15) is 0 Å². The summed E-state index contributed by atoms with van der Waals surface area (Å²) in [7, 11) is 0. The molecule has 3 atom stereocenters. The minimum Gasteiger partial charge on any atom is -0.508 e. The van der Waals surface area contributed by atoms with E-state index in [1.54, 1.807) is 6.07 Å². The van der Waals surface area contributed by atoms with Crippen molar-refractivity contribution in [2.45, 2.75) is 64.2 Å². The molecule has 0 aromatic heterocycles. The van der Waals surface area contributed by atoms with Gasteiger partial charge in [-0.25, -0.2) is 4.79 Å². The SMILES string of the molecule is CC1CN(CCC(C(=O)NCCNC(=O)O)C2CCCCC2)CCC1(C)c1cccc(O)c1. The first-order valence-corrected chi connectivity index (χ1v) is 12.6. The number of nitrogens with zero attached hydrogens (tertiary/aromatic N) is 1. The highest BCUT2D eigenvalue weighted by atomic mass is 16.4. The lowest BCUT2D eigenvalue weighted by atomic mass is 9.68. The van der Waals surface area contributed by atoms with Gasteiger partial charge in [0.2, 0.25) is 5.91 Å². The van der Waals surface area contributed by atoms with Crippen LogP contribution in [0.5, 0.6) is 5.75 Å². The molecule has 1 saturated heterocycles. The van der Waals surface area contributed by atoms with Crippen LogP contribution in [0.2, 0.25) is 0 Å². The summed E-state index contributed by atoms with van der Waals surface area (Å²) in [6.07, 6.45) is 6.66. The van der Waals surface area contributed by atoms with Crippen LogP contribution in [-0.4, -0.2) is 59.8 Å². The van der Waals surface area contributed by atoms with Gasteiger partial charge in [0.25, 0.3) is 0 Å². The van der Waals surface area contributed by atoms with Gasteiger partial charge in [-0.1, -0.05) is 45.2 Å². The molecule has 33 heavy (non-hydrogen) atoms. The van der Waals surface area contributed by atoms with Crippen molar-refractivity contribution in [1.82, 2.24) is 15.5 Å². The van der Waals surface area contributed by atoms with Crippen LogP contribution in [0.1, 0.15) is 64.4 Å². The summed E-state index contributed by atoms with van der Waals surface area (Å²) in [5.74, 6) is 1.25. The van der Waals surface area contributed by atoms with E-state index in [2.05, 4.69) is 35.4 Å². The number of nitrogens with one attached hydrogen (secondary N) is 2. The average molecular weight is 460 g/mol. The fourth-order valence-electron chi connectivity index (χ4n) is 5.74. The van der Waals surface area contributed by atoms with Gasteiger partial charge in [0, 0.05) is 25.6 Å². The summed E-state index contributed by atoms with van der Waals surface area (Å²) in [4.78, 5) is 26.1. The van der Waals surface area contributed by atoms with E-state index in [4.69, 9.17) is 5.11 Å². The number of carbonyl (C=O) groups excluding carboxylic acids is 1. The zero-order chi connectivity index (χ0) is 23.8. The Morgan fingerprint density at radius 3 is 2.58 bits per heavy atom. The fraction of sp³-hybridized carbons (Fsp3) is 0.692. The summed E-state index contributed by atoms with van der Waals surface area (Å²) < 4.78 is 0. The molecular formula is C26H41N3O4. The van der Waals surface area contributed by atoms with Gasteiger partial charge in [-0.05, 0) is 73.7 Å². The summed E-state index contributed by atoms with van der Waals surface area (Å²) >= 11 is 0. The molecule has 2 amide bonds. The van der Waals surface area contributed by atoms with Crippen LogP contribution in [0.15, 0.2) is 24.3 Å². The highest BCUT2D eigenvalue weighted by molar-refractivity contribution is 5.79. The van der Waals surface area contributed by atoms with Crippen LogP contribution in [0, 0.1) is 17.8 Å². The zero-order valence-corrected chi connectivity index (χ0v) is 20.2. The van der Waals surface area contributed by atoms with Crippen molar-refractivity contribution in [3.63, 3.8) is 0 Å². The quantitative estimate of drug-likeness (QED) is 0.419. The maximum Gasteiger partial charge on any atom is 0.404 e. The standard InChI is InChI=1S/C26H41N3O4/c1-19-18-29(16-12-26(19,2)21-9-6-10-22(30)17-21)15-11-23(20-7-4-3-5-8-20)24(31)27-13-14-28-25(32)33/h6,9-10,17,19-20,23,28,30H,3-5,7-8,11-16,18H2,1-2H3,(H,27,31)(H,32,33). The van der Waals surface area contributed by atoms with Gasteiger partial charge in [-0.15, -0.1) is 0 Å². The number of piperidine rings is 1. The molecule has 0 radical (unpaired) electrons. The minimum absolute atomic E-state index is 0.00943. The topological polar surface area (TPSA) is 102 Å². The van der Waals surface area contributed by atoms with Crippen molar-refractivity contribution >= 4 is 12.0 Å². The predicted octanol–water partition coefficient (Wildman–Crippen LogP) is 3.96. The molecule has 4 N–H and O–H groups in total. The molecule has 0 spiro atoms. The number of hydrogen-bond donors (Lipinski definition) is 4. The van der Waals surface area contributed by atoms with Crippen LogP contribution in [0.25, 0.3) is 0 Å². The van der Waals surface area contributed by atoms with Crippen LogP contribution < -0.4 is 10.6 Å². The van der Waals surface area contributed by atoms with E-state index in [-0.39, 0.29) is 23.8 Å². The highest BCUT2D eigenvalue weighted by Crippen LogP contribution is 2.40. The molecule has 3 rings (SSSR count). The summed E-state index contributed by atoms with van der Waals surface area (Å²) in [6.45, 7) is 8.02. The van der Waals surface area contributed by atoms with E-state index in [0.29, 0.717) is 24.1 Å². The van der Waals surface area contributed by atoms with E-state index in [0.717, 1.165) is 45.3 Å². The van der Waals surface area contributed by atoms with Gasteiger partial charge in [0.15, 0.2) is 0 Å². The average Bonchev–Trinajstić information content (AvgIpc) is 2.80. The highest BCUT2D eigenvalue weighted by Gasteiger charge is 2.38. The van der Waals surface area contributed by atoms with Crippen LogP contribution >= 0.6 is 0 Å². The molecule has 184 valence electrons. The molecule has 0 bridgehead atoms. The van der Waals surface area contributed by atoms with Crippen molar-refractivity contribution in [3.8, 4) is 5.75 Å². The first-order chi connectivity index (χ1) is 15.8. The molecule has 1 saturated carbocycles. The lowest BCUT2D eigenvalue weighted by molar-refractivity contribution is -0.127. The first-order valence-electron chi connectivity index (χ1n) is 12.6. The van der Waals surface area contributed by atoms with Crippen molar-refractivity contribution < 1.29 is 19.8 Å². The maximum atomic E-state index is 13.0. The van der Waals surface area contributed by atoms with Gasteiger partial charge < -0.3 is 25.7 Å². The Morgan fingerprint density at radius 2 is 1.91 bits per heavy atom. The van der Waals surface area contributed by atoms with E-state index in [1.807, 2.05) is 12.1 Å². The second-order valence-electron chi connectivity index (χ2n) is 10.2. The number of aromatic hydroxyl groups is 1. The van der Waals surface area contributed by atoms with Gasteiger partial charge in [0.05, 0.1) is 0 Å². The molecule has 1 aromatic carbocycles. The number of likely N-dealkylation sites (tertiary alicyclic amines) is 1. The molecule has 1 heterocycles. The smallest absolute Gasteiger partial charge is 0.404 e. The van der Waals surface area contributed by atoms with Crippen LogP contribution in [0.3, 0.4) is 0 Å². The molecule has 1 aromatic rings. The van der Waals surface area contributed by atoms with Crippen LogP contribution in [-0.2, 0) is 10.2 Å². The second-order valence-corrected chi connectivity index (χ2v) is 10.2. The Bertz CT molecular complexity index is 795. The molecule has 1 aliphatic heterocycles. The molecule has 2 fully saturated rings. The molecule has 7 nitrogen and oxygen atoms in total. The maximum absolute atomic E-state index is 13.0. The predicted molar refractivity (Wildman–Crippen MR) is 129 cm³/mol. The Balaban J connectivity index is 1.56. The lowest BCUT2D eigenvalue weighted by Gasteiger charge is -2.45. The first kappa shape index (κ1) is 25.3. The van der Waals surface area contributed by atoms with Gasteiger partial charge in [0.1, 0.15) is 5.75 Å². The van der Waals surface area contributed by atoms with E-state index in [1.165, 1.54) is 24.8 Å². The normalized spacial score (nSPS) is 25.3. The molecular weight excluding hydrogens is 418 g/mol. The Labute approximate surface area is 197 Å². The number of amides is 2. The number of hydrogen-bond acceptors (Lipinski definition) is 4. The van der Waals surface area contributed by atoms with E-state index >= 15 is 0 Å². The summed E-state index contributed by atoms with van der Waals surface area (Å²) in [5, 5.41) is 23.9. The number of rotatable bonds is 9. The van der Waals surface area contributed by atoms with Crippen molar-refractivity contribution in [2.75, 3.05) is 32.7 Å². The fourth-order valence-corrected chi connectivity index (χ4v) is 5.74. The number of benzene rings is 1. The van der Waals surface area contributed by atoms with Crippen molar-refractivity contribution in [2.24, 2.45) is 17.8 Å². The number of carbonyl (C=O) groups is 2. The Kier molecular flexibility index (Phi) is 9.01. The Hall–Kier alpha value is -2.28. The third-order valence-corrected chi connectivity index (χ3v) is 8.09. The summed E-state index contributed by atoms with van der Waals surface area (Å²) in [5.41, 5.74) is 1.23. The van der Waals surface area contributed by atoms with Gasteiger partial charge >= 0.3 is 6.09 Å². The summed E-state index contributed by atoms with van der Waals surface area (Å²) in [6, 6.07) is 7.67. The molecule has 7 heteroatoms. The second kappa shape index (κ2) is 11.7. The van der Waals surface area contributed by atoms with Crippen LogP contribution in [0.4, 0.5) is 4.79 Å². The van der Waals surface area contributed by atoms with E-state index in [9.17, 15) is 14.7 Å². The largest absolute Gasteiger partial charge is 0.508 e. The number of carboxylic acid groups (broad SMARTS) is 1. The van der Waals surface area contributed by atoms with Gasteiger partial charge in [-0.3, -0.25) is 4.79 Å². The Morgan fingerprint density at radius 1 is 1.18 bits per heavy atom. The third-order valence-electron chi connectivity index (χ3n) is 8.09. The molecule has 2 aliphatic rings.